The van der Waals surface area contributed by atoms with Gasteiger partial charge in [0.1, 0.15) is 0 Å². The molecule has 140 valence electrons. The number of aryl methyl sites for hydroxylation is 3. The lowest BCUT2D eigenvalue weighted by Crippen LogP contribution is -2.12. The first-order valence-corrected chi connectivity index (χ1v) is 9.79. The minimum atomic E-state index is -0.0548. The highest BCUT2D eigenvalue weighted by molar-refractivity contribution is 7.71. The SMILES string of the molecule is C=CCn1c(-c2sc(NC(=O)CCc3ccc(C)cc3)nc2C)n[nH]c1=S. The van der Waals surface area contributed by atoms with Gasteiger partial charge in [-0.1, -0.05) is 47.2 Å². The molecule has 6 nitrogen and oxygen atoms in total. The topological polar surface area (TPSA) is 75.6 Å². The van der Waals surface area contributed by atoms with Crippen molar-refractivity contribution in [1.29, 1.82) is 0 Å². The molecule has 0 radical (unpaired) electrons. The number of carbonyl (C=O) groups excluding carboxylic acids is 1. The summed E-state index contributed by atoms with van der Waals surface area (Å²) in [6.45, 7) is 8.25. The molecule has 0 saturated heterocycles. The van der Waals surface area contributed by atoms with E-state index in [-0.39, 0.29) is 5.91 Å². The van der Waals surface area contributed by atoms with Crippen LogP contribution in [0.4, 0.5) is 5.13 Å². The molecule has 3 aromatic rings. The van der Waals surface area contributed by atoms with Gasteiger partial charge in [-0.25, -0.2) is 4.98 Å². The Kier molecular flexibility index (Phi) is 5.98. The molecule has 1 amide bonds. The number of nitrogens with zero attached hydrogens (tertiary/aromatic N) is 3. The first-order valence-electron chi connectivity index (χ1n) is 8.57. The zero-order valence-electron chi connectivity index (χ0n) is 15.3. The fourth-order valence-corrected chi connectivity index (χ4v) is 3.83. The van der Waals surface area contributed by atoms with E-state index >= 15 is 0 Å². The Morgan fingerprint density at radius 2 is 2.11 bits per heavy atom. The van der Waals surface area contributed by atoms with Crippen LogP contribution in [0.25, 0.3) is 10.7 Å². The Hall–Kier alpha value is -2.58. The molecule has 0 fully saturated rings. The summed E-state index contributed by atoms with van der Waals surface area (Å²) in [4.78, 5) is 17.6. The lowest BCUT2D eigenvalue weighted by Gasteiger charge is -2.03. The normalized spacial score (nSPS) is 10.7. The number of H-pyrrole nitrogens is 1. The second kappa shape index (κ2) is 8.41. The van der Waals surface area contributed by atoms with Crippen LogP contribution in [0.2, 0.25) is 0 Å². The van der Waals surface area contributed by atoms with E-state index in [1.165, 1.54) is 16.9 Å². The number of allylic oxidation sites excluding steroid dienone is 1. The lowest BCUT2D eigenvalue weighted by molar-refractivity contribution is -0.116. The number of benzene rings is 1. The first-order chi connectivity index (χ1) is 13.0. The molecule has 0 bridgehead atoms. The summed E-state index contributed by atoms with van der Waals surface area (Å²) < 4.78 is 2.38. The number of carbonyl (C=O) groups is 1. The van der Waals surface area contributed by atoms with Crippen LogP contribution in [0.5, 0.6) is 0 Å². The van der Waals surface area contributed by atoms with Gasteiger partial charge in [-0.15, -0.1) is 6.58 Å². The molecule has 0 atom stereocenters. The highest BCUT2D eigenvalue weighted by Gasteiger charge is 2.17. The number of aromatic amines is 1. The number of rotatable bonds is 7. The van der Waals surface area contributed by atoms with E-state index in [1.807, 2.05) is 18.4 Å². The monoisotopic (exact) mass is 399 g/mol. The van der Waals surface area contributed by atoms with Crippen molar-refractivity contribution in [2.24, 2.45) is 0 Å². The summed E-state index contributed by atoms with van der Waals surface area (Å²) in [7, 11) is 0. The maximum atomic E-state index is 12.3. The average molecular weight is 400 g/mol. The van der Waals surface area contributed by atoms with E-state index in [0.29, 0.717) is 35.1 Å². The van der Waals surface area contributed by atoms with Crippen LogP contribution in [-0.2, 0) is 17.8 Å². The van der Waals surface area contributed by atoms with Gasteiger partial charge in [-0.05, 0) is 38.0 Å². The van der Waals surface area contributed by atoms with Crippen molar-refractivity contribution in [2.45, 2.75) is 33.2 Å². The van der Waals surface area contributed by atoms with Crippen LogP contribution in [0.15, 0.2) is 36.9 Å². The molecule has 0 saturated carbocycles. The third-order valence-electron chi connectivity index (χ3n) is 4.08. The molecule has 27 heavy (non-hydrogen) atoms. The molecule has 2 heterocycles. The second-order valence-corrected chi connectivity index (χ2v) is 7.60. The van der Waals surface area contributed by atoms with Gasteiger partial charge >= 0.3 is 0 Å². The largest absolute Gasteiger partial charge is 0.302 e. The van der Waals surface area contributed by atoms with Crippen LogP contribution in [0.3, 0.4) is 0 Å². The van der Waals surface area contributed by atoms with Crippen LogP contribution in [0.1, 0.15) is 23.2 Å². The molecule has 2 N–H and O–H groups in total. The van der Waals surface area contributed by atoms with Gasteiger partial charge in [-0.2, -0.15) is 5.10 Å². The summed E-state index contributed by atoms with van der Waals surface area (Å²) in [6, 6.07) is 8.21. The average Bonchev–Trinajstić information content (AvgIpc) is 3.17. The quantitative estimate of drug-likeness (QED) is 0.455. The van der Waals surface area contributed by atoms with Crippen molar-refractivity contribution in [3.05, 3.63) is 58.5 Å². The third-order valence-corrected chi connectivity index (χ3v) is 5.46. The van der Waals surface area contributed by atoms with Crippen molar-refractivity contribution in [3.8, 4) is 10.7 Å². The predicted molar refractivity (Wildman–Crippen MR) is 112 cm³/mol. The summed E-state index contributed by atoms with van der Waals surface area (Å²) in [5, 5.41) is 10.5. The summed E-state index contributed by atoms with van der Waals surface area (Å²) in [5.41, 5.74) is 3.16. The molecule has 0 aliphatic heterocycles. The van der Waals surface area contributed by atoms with Crippen LogP contribution < -0.4 is 5.32 Å². The number of hydrogen-bond acceptors (Lipinski definition) is 5. The van der Waals surface area contributed by atoms with Gasteiger partial charge < -0.3 is 5.32 Å². The fraction of sp³-hybridized carbons (Fsp3) is 0.263. The van der Waals surface area contributed by atoms with Gasteiger partial charge in [-0.3, -0.25) is 14.5 Å². The zero-order valence-corrected chi connectivity index (χ0v) is 16.9. The van der Waals surface area contributed by atoms with Gasteiger partial charge in [0, 0.05) is 13.0 Å². The standard InChI is InChI=1S/C19H21N5OS2/c1-4-11-24-17(22-23-19(24)26)16-13(3)20-18(27-16)21-15(25)10-9-14-7-5-12(2)6-8-14/h4-8H,1,9-11H2,2-3H3,(H,23,26)(H,20,21,25). The van der Waals surface area contributed by atoms with Crippen molar-refractivity contribution in [1.82, 2.24) is 19.7 Å². The number of nitrogens with one attached hydrogen (secondary N) is 2. The summed E-state index contributed by atoms with van der Waals surface area (Å²) in [6.07, 6.45) is 2.87. The van der Waals surface area contributed by atoms with Crippen LogP contribution in [0, 0.1) is 18.6 Å². The maximum absolute atomic E-state index is 12.3. The Balaban J connectivity index is 1.69. The van der Waals surface area contributed by atoms with Crippen LogP contribution in [-0.4, -0.2) is 25.7 Å². The van der Waals surface area contributed by atoms with E-state index < -0.39 is 0 Å². The third kappa shape index (κ3) is 4.58. The van der Waals surface area contributed by atoms with Gasteiger partial charge in [0.25, 0.3) is 0 Å². The molecule has 0 aliphatic rings. The second-order valence-electron chi connectivity index (χ2n) is 6.22. The van der Waals surface area contributed by atoms with E-state index in [2.05, 4.69) is 51.3 Å². The Morgan fingerprint density at radius 3 is 2.81 bits per heavy atom. The number of amides is 1. The smallest absolute Gasteiger partial charge is 0.226 e. The lowest BCUT2D eigenvalue weighted by atomic mass is 10.1. The number of thiazole rings is 1. The first kappa shape index (κ1) is 19.2. The molecule has 3 rings (SSSR count). The number of hydrogen-bond donors (Lipinski definition) is 2. The van der Waals surface area contributed by atoms with Crippen molar-refractivity contribution >= 4 is 34.6 Å². The van der Waals surface area contributed by atoms with E-state index in [4.69, 9.17) is 12.2 Å². The summed E-state index contributed by atoms with van der Waals surface area (Å²) in [5.74, 6) is 0.649. The van der Waals surface area contributed by atoms with Crippen molar-refractivity contribution in [2.75, 3.05) is 5.32 Å². The van der Waals surface area contributed by atoms with Crippen molar-refractivity contribution < 1.29 is 4.79 Å². The molecule has 0 unspecified atom stereocenters. The highest BCUT2D eigenvalue weighted by Crippen LogP contribution is 2.31. The molecular weight excluding hydrogens is 378 g/mol. The summed E-state index contributed by atoms with van der Waals surface area (Å²) >= 11 is 6.65. The Labute approximate surface area is 167 Å². The molecule has 8 heteroatoms. The maximum Gasteiger partial charge on any atom is 0.226 e. The highest BCUT2D eigenvalue weighted by atomic mass is 32.1. The van der Waals surface area contributed by atoms with E-state index in [1.54, 1.807) is 6.08 Å². The van der Waals surface area contributed by atoms with Crippen molar-refractivity contribution in [3.63, 3.8) is 0 Å². The zero-order chi connectivity index (χ0) is 19.4. The van der Waals surface area contributed by atoms with E-state index in [9.17, 15) is 4.79 Å². The Morgan fingerprint density at radius 1 is 1.37 bits per heavy atom. The number of anilines is 1. The fourth-order valence-electron chi connectivity index (χ4n) is 2.64. The predicted octanol–water partition coefficient (Wildman–Crippen LogP) is 4.44. The Bertz CT molecular complexity index is 1010. The molecular formula is C19H21N5OS2. The molecule has 0 spiro atoms. The molecule has 0 aliphatic carbocycles. The van der Waals surface area contributed by atoms with Gasteiger partial charge in [0.05, 0.1) is 10.6 Å². The van der Waals surface area contributed by atoms with Gasteiger partial charge in [0.15, 0.2) is 15.7 Å². The molecule has 1 aromatic carbocycles. The molecule has 2 aromatic heterocycles. The minimum absolute atomic E-state index is 0.0548. The van der Waals surface area contributed by atoms with Crippen LogP contribution >= 0.6 is 23.6 Å². The van der Waals surface area contributed by atoms with E-state index in [0.717, 1.165) is 16.1 Å². The number of aromatic nitrogens is 4. The minimum Gasteiger partial charge on any atom is -0.302 e. The van der Waals surface area contributed by atoms with Gasteiger partial charge in [0.2, 0.25) is 5.91 Å².